The first kappa shape index (κ1) is 9.32. The minimum atomic E-state index is -0.603. The Morgan fingerprint density at radius 1 is 1.27 bits per heavy atom. The molecule has 0 unspecified atom stereocenters. The highest BCUT2D eigenvalue weighted by atomic mass is 16.1. The van der Waals surface area contributed by atoms with Crippen molar-refractivity contribution >= 4 is 23.7 Å². The van der Waals surface area contributed by atoms with E-state index in [-0.39, 0.29) is 12.1 Å². The van der Waals surface area contributed by atoms with Crippen LogP contribution in [0.3, 0.4) is 0 Å². The second-order valence-electron chi connectivity index (χ2n) is 3.15. The maximum absolute atomic E-state index is 11.0. The maximum atomic E-state index is 11.0. The Balaban J connectivity index is 2.43. The highest BCUT2D eigenvalue weighted by Crippen LogP contribution is 2.28. The van der Waals surface area contributed by atoms with Gasteiger partial charge >= 0.3 is 0 Å². The maximum Gasteiger partial charge on any atom is 0.263 e. The Morgan fingerprint density at radius 3 is 2.60 bits per heavy atom. The molecule has 0 bridgehead atoms. The molecule has 2 rings (SSSR count). The monoisotopic (exact) mass is 204 g/mol. The molecule has 0 atom stereocenters. The van der Waals surface area contributed by atoms with Gasteiger partial charge in [-0.15, -0.1) is 0 Å². The molecule has 0 aromatic rings. The molecule has 2 aliphatic rings. The molecule has 15 heavy (non-hydrogen) atoms. The number of rotatable bonds is 2. The van der Waals surface area contributed by atoms with Crippen molar-refractivity contribution < 1.29 is 9.59 Å². The molecule has 0 spiro atoms. The Bertz CT molecular complexity index is 482. The van der Waals surface area contributed by atoms with Crippen LogP contribution in [0.1, 0.15) is 6.42 Å². The van der Waals surface area contributed by atoms with Crippen molar-refractivity contribution in [2.45, 2.75) is 6.42 Å². The molecule has 0 aromatic carbocycles. The number of fused-ring (bicyclic) bond motifs is 1. The van der Waals surface area contributed by atoms with E-state index < -0.39 is 11.8 Å². The summed E-state index contributed by atoms with van der Waals surface area (Å²) in [5.74, 6) is -1.17. The van der Waals surface area contributed by atoms with Crippen molar-refractivity contribution in [2.75, 3.05) is 0 Å². The highest BCUT2D eigenvalue weighted by Gasteiger charge is 2.25. The third-order valence-electron chi connectivity index (χ3n) is 2.20. The summed E-state index contributed by atoms with van der Waals surface area (Å²) < 4.78 is 0. The smallest absolute Gasteiger partial charge is 0.263 e. The average Bonchev–Trinajstić information content (AvgIpc) is 2.59. The summed E-state index contributed by atoms with van der Waals surface area (Å²) in [6, 6.07) is 0. The number of nitrogens with two attached hydrogens (primary N) is 2. The highest BCUT2D eigenvalue weighted by molar-refractivity contribution is 6.39. The lowest BCUT2D eigenvalue weighted by molar-refractivity contribution is -0.114. The minimum absolute atomic E-state index is 0.206. The van der Waals surface area contributed by atoms with Crippen LogP contribution in [0.5, 0.6) is 0 Å². The Morgan fingerprint density at radius 2 is 2.00 bits per heavy atom. The van der Waals surface area contributed by atoms with Gasteiger partial charge in [-0.25, -0.2) is 0 Å². The van der Waals surface area contributed by atoms with Crippen LogP contribution in [0.25, 0.3) is 0 Å². The van der Waals surface area contributed by atoms with Gasteiger partial charge in [0.2, 0.25) is 0 Å². The first-order valence-corrected chi connectivity index (χ1v) is 4.23. The summed E-state index contributed by atoms with van der Waals surface area (Å²) in [5.41, 5.74) is 11.9. The molecule has 0 aromatic heterocycles. The van der Waals surface area contributed by atoms with E-state index in [1.54, 1.807) is 0 Å². The number of hydrogen-bond donors (Lipinski definition) is 2. The predicted molar refractivity (Wildman–Crippen MR) is 54.0 cm³/mol. The van der Waals surface area contributed by atoms with Gasteiger partial charge in [-0.05, 0) is 5.57 Å². The average molecular weight is 204 g/mol. The van der Waals surface area contributed by atoms with Gasteiger partial charge in [0, 0.05) is 12.6 Å². The molecule has 2 aliphatic heterocycles. The van der Waals surface area contributed by atoms with Crippen molar-refractivity contribution in [3.05, 3.63) is 23.0 Å². The molecule has 0 aliphatic carbocycles. The van der Waals surface area contributed by atoms with Gasteiger partial charge in [0.05, 0.1) is 17.5 Å². The molecule has 2 heterocycles. The molecule has 76 valence electrons. The first-order chi connectivity index (χ1) is 7.09. The van der Waals surface area contributed by atoms with Gasteiger partial charge in [0.15, 0.2) is 0 Å². The molecule has 0 saturated heterocycles. The van der Waals surface area contributed by atoms with Gasteiger partial charge in [0.25, 0.3) is 11.8 Å². The molecule has 0 saturated carbocycles. The van der Waals surface area contributed by atoms with Crippen molar-refractivity contribution in [3.8, 4) is 0 Å². The van der Waals surface area contributed by atoms with Crippen molar-refractivity contribution in [1.82, 2.24) is 0 Å². The van der Waals surface area contributed by atoms with Gasteiger partial charge in [0.1, 0.15) is 5.71 Å². The Labute approximate surface area is 85.1 Å². The van der Waals surface area contributed by atoms with Crippen LogP contribution in [-0.2, 0) is 9.59 Å². The number of allylic oxidation sites excluding steroid dienone is 1. The lowest BCUT2D eigenvalue weighted by Crippen LogP contribution is -2.26. The molecule has 6 nitrogen and oxygen atoms in total. The molecule has 6 heteroatoms. The van der Waals surface area contributed by atoms with E-state index in [4.69, 9.17) is 11.5 Å². The fourth-order valence-electron chi connectivity index (χ4n) is 1.44. The number of carbonyl (C=O) groups excluding carboxylic acids is 2. The third kappa shape index (κ3) is 1.45. The predicted octanol–water partition coefficient (Wildman–Crippen LogP) is -0.976. The van der Waals surface area contributed by atoms with Gasteiger partial charge in [-0.3, -0.25) is 19.6 Å². The molecule has 4 N–H and O–H groups in total. The number of primary amides is 2. The van der Waals surface area contributed by atoms with E-state index in [9.17, 15) is 9.59 Å². The Hall–Kier alpha value is -2.24. The fraction of sp³-hybridized carbons (Fsp3) is 0.111. The zero-order chi connectivity index (χ0) is 11.0. The number of hydrogen-bond acceptors (Lipinski definition) is 4. The summed E-state index contributed by atoms with van der Waals surface area (Å²) in [4.78, 5) is 29.7. The minimum Gasteiger partial charge on any atom is -0.366 e. The van der Waals surface area contributed by atoms with E-state index in [1.165, 1.54) is 12.4 Å². The van der Waals surface area contributed by atoms with Crippen molar-refractivity contribution in [2.24, 2.45) is 21.5 Å². The number of nitrogens with zero attached hydrogens (tertiary/aromatic N) is 2. The summed E-state index contributed by atoms with van der Waals surface area (Å²) in [5, 5.41) is 0. The molecular formula is C9H8N4O2. The van der Waals surface area contributed by atoms with E-state index in [0.29, 0.717) is 16.8 Å². The van der Waals surface area contributed by atoms with Crippen LogP contribution >= 0.6 is 0 Å². The Kier molecular flexibility index (Phi) is 1.96. The largest absolute Gasteiger partial charge is 0.366 e. The summed E-state index contributed by atoms with van der Waals surface area (Å²) in [6.45, 7) is 0. The normalized spacial score (nSPS) is 18.4. The first-order valence-electron chi connectivity index (χ1n) is 4.23. The molecular weight excluding hydrogens is 196 g/mol. The van der Waals surface area contributed by atoms with Crippen molar-refractivity contribution in [3.63, 3.8) is 0 Å². The SMILES string of the molecule is NC(=O)C1=NC=C2N=CC(C(N)=O)=C2C1. The van der Waals surface area contributed by atoms with Crippen LogP contribution in [0.4, 0.5) is 0 Å². The van der Waals surface area contributed by atoms with Gasteiger partial charge in [-0.2, -0.15) is 0 Å². The topological polar surface area (TPSA) is 111 Å². The van der Waals surface area contributed by atoms with Gasteiger partial charge < -0.3 is 11.5 Å². The van der Waals surface area contributed by atoms with Crippen LogP contribution in [0, 0.1) is 0 Å². The lowest BCUT2D eigenvalue weighted by Gasteiger charge is -2.10. The van der Waals surface area contributed by atoms with E-state index in [2.05, 4.69) is 9.98 Å². The summed E-state index contributed by atoms with van der Waals surface area (Å²) in [7, 11) is 0. The van der Waals surface area contributed by atoms with Crippen LogP contribution in [0.15, 0.2) is 33.0 Å². The zero-order valence-corrected chi connectivity index (χ0v) is 7.73. The van der Waals surface area contributed by atoms with Crippen molar-refractivity contribution in [1.29, 1.82) is 0 Å². The summed E-state index contributed by atoms with van der Waals surface area (Å²) in [6.07, 6.45) is 2.99. The molecule has 2 amide bonds. The van der Waals surface area contributed by atoms with Crippen LogP contribution in [-0.4, -0.2) is 23.7 Å². The standard InChI is InChI=1S/C9H8N4O2/c10-8(14)5-2-12-7-3-13-6(9(11)15)1-4(5)7/h2-3H,1H2,(H2,10,14)(H2,11,15). The van der Waals surface area contributed by atoms with Crippen LogP contribution < -0.4 is 11.5 Å². The number of amides is 2. The molecule has 0 fully saturated rings. The van der Waals surface area contributed by atoms with Gasteiger partial charge in [-0.1, -0.05) is 0 Å². The quantitative estimate of drug-likeness (QED) is 0.602. The second kappa shape index (κ2) is 3.16. The van der Waals surface area contributed by atoms with Crippen LogP contribution in [0.2, 0.25) is 0 Å². The lowest BCUT2D eigenvalue weighted by atomic mass is 10.00. The number of aliphatic imine (C=N–C) groups is 2. The van der Waals surface area contributed by atoms with E-state index in [0.717, 1.165) is 0 Å². The fourth-order valence-corrected chi connectivity index (χ4v) is 1.44. The zero-order valence-electron chi connectivity index (χ0n) is 7.73. The molecule has 0 radical (unpaired) electrons. The summed E-state index contributed by atoms with van der Waals surface area (Å²) >= 11 is 0. The van der Waals surface area contributed by atoms with E-state index in [1.807, 2.05) is 0 Å². The number of carbonyl (C=O) groups is 2. The second-order valence-corrected chi connectivity index (χ2v) is 3.15. The van der Waals surface area contributed by atoms with E-state index >= 15 is 0 Å². The third-order valence-corrected chi connectivity index (χ3v) is 2.20.